The molecule has 0 fully saturated rings. The van der Waals surface area contributed by atoms with Gasteiger partial charge in [0.05, 0.1) is 0 Å². The molecule has 0 atom stereocenters. The minimum atomic E-state index is 0.0202. The second-order valence-corrected chi connectivity index (χ2v) is 12.1. The summed E-state index contributed by atoms with van der Waals surface area (Å²) in [6, 6.07) is 49.1. The van der Waals surface area contributed by atoms with E-state index in [-0.39, 0.29) is 5.41 Å². The van der Waals surface area contributed by atoms with Crippen molar-refractivity contribution in [2.75, 3.05) is 0 Å². The highest BCUT2D eigenvalue weighted by molar-refractivity contribution is 6.25. The van der Waals surface area contributed by atoms with Crippen LogP contribution in [0.15, 0.2) is 140 Å². The van der Waals surface area contributed by atoms with E-state index < -0.39 is 0 Å². The van der Waals surface area contributed by atoms with Crippen molar-refractivity contribution in [2.45, 2.75) is 25.7 Å². The Balaban J connectivity index is 1.29. The van der Waals surface area contributed by atoms with Gasteiger partial charge in [0.2, 0.25) is 0 Å². The van der Waals surface area contributed by atoms with Gasteiger partial charge in [0.15, 0.2) is 0 Å². The van der Waals surface area contributed by atoms with E-state index in [4.69, 9.17) is 0 Å². The molecule has 0 saturated heterocycles. The van der Waals surface area contributed by atoms with E-state index in [9.17, 15) is 0 Å². The van der Waals surface area contributed by atoms with E-state index in [0.717, 1.165) is 6.42 Å². The zero-order valence-electron chi connectivity index (χ0n) is 24.1. The van der Waals surface area contributed by atoms with E-state index in [1.807, 2.05) is 0 Å². The highest BCUT2D eigenvalue weighted by Crippen LogP contribution is 2.49. The normalized spacial score (nSPS) is 13.7. The summed E-state index contributed by atoms with van der Waals surface area (Å²) in [5, 5.41) is 7.79. The predicted molar refractivity (Wildman–Crippen MR) is 181 cm³/mol. The number of allylic oxidation sites excluding steroid dienone is 1. The molecule has 1 aliphatic carbocycles. The molecular weight excluding hydrogens is 504 g/mol. The van der Waals surface area contributed by atoms with Gasteiger partial charge in [-0.1, -0.05) is 159 Å². The van der Waals surface area contributed by atoms with Crippen LogP contribution in [0.4, 0.5) is 0 Å². The average molecular weight is 537 g/mol. The summed E-state index contributed by atoms with van der Waals surface area (Å²) in [5.74, 6) is 0. The van der Waals surface area contributed by atoms with Crippen molar-refractivity contribution in [1.82, 2.24) is 0 Å². The molecule has 0 aromatic heterocycles. The maximum absolute atomic E-state index is 2.43. The zero-order valence-corrected chi connectivity index (χ0v) is 24.1. The standard InChI is InChI=1S/C42H32/c1-42(2)38-22-11-10-19-34(38)35-25-23-28(27-39(35)42)13-12-21-33-32-18-8-9-20-36(32)40(30-15-4-3-5-16-30)41-31-17-7-6-14-29(31)24-26-37(33)41/h3-12,14-27H,13H2,1-2H3/b21-12+. The van der Waals surface area contributed by atoms with E-state index in [0.29, 0.717) is 0 Å². The first kappa shape index (κ1) is 24.8. The molecule has 0 heteroatoms. The Hall–Kier alpha value is -4.94. The van der Waals surface area contributed by atoms with Crippen molar-refractivity contribution in [2.24, 2.45) is 0 Å². The van der Waals surface area contributed by atoms with E-state index in [2.05, 4.69) is 159 Å². The Bertz CT molecular complexity index is 2180. The maximum atomic E-state index is 2.43. The van der Waals surface area contributed by atoms with E-state index in [1.165, 1.54) is 76.8 Å². The third-order valence-electron chi connectivity index (χ3n) is 9.30. The van der Waals surface area contributed by atoms with Gasteiger partial charge < -0.3 is 0 Å². The van der Waals surface area contributed by atoms with Crippen LogP contribution in [0.2, 0.25) is 0 Å². The van der Waals surface area contributed by atoms with Crippen molar-refractivity contribution in [3.8, 4) is 22.3 Å². The van der Waals surface area contributed by atoms with Gasteiger partial charge in [0, 0.05) is 5.41 Å². The summed E-state index contributed by atoms with van der Waals surface area (Å²) < 4.78 is 0. The minimum absolute atomic E-state index is 0.0202. The molecule has 0 saturated carbocycles. The first-order valence-corrected chi connectivity index (χ1v) is 14.9. The summed E-state index contributed by atoms with van der Waals surface area (Å²) in [4.78, 5) is 0. The molecule has 0 bridgehead atoms. The highest BCUT2D eigenvalue weighted by atomic mass is 14.4. The Morgan fingerprint density at radius 3 is 2.10 bits per heavy atom. The molecule has 0 heterocycles. The molecule has 7 aromatic carbocycles. The molecule has 0 nitrogen and oxygen atoms in total. The molecule has 0 amide bonds. The van der Waals surface area contributed by atoms with Crippen molar-refractivity contribution in [1.29, 1.82) is 0 Å². The quantitative estimate of drug-likeness (QED) is 0.155. The second kappa shape index (κ2) is 9.57. The summed E-state index contributed by atoms with van der Waals surface area (Å²) in [5.41, 5.74) is 10.9. The van der Waals surface area contributed by atoms with Crippen LogP contribution in [0.1, 0.15) is 36.1 Å². The van der Waals surface area contributed by atoms with Crippen LogP contribution in [0.3, 0.4) is 0 Å². The highest BCUT2D eigenvalue weighted by Gasteiger charge is 2.34. The molecule has 0 unspecified atom stereocenters. The first-order chi connectivity index (χ1) is 20.6. The lowest BCUT2D eigenvalue weighted by Gasteiger charge is -2.21. The molecule has 0 spiro atoms. The van der Waals surface area contributed by atoms with Crippen LogP contribution in [0.5, 0.6) is 0 Å². The summed E-state index contributed by atoms with van der Waals surface area (Å²) in [6.07, 6.45) is 5.61. The SMILES string of the molecule is CC1(C)c2ccccc2-c2ccc(C/C=C/c3c4ccccc4c(-c4ccccc4)c4c3ccc3ccccc34)cc21. The Morgan fingerprint density at radius 1 is 0.548 bits per heavy atom. The summed E-state index contributed by atoms with van der Waals surface area (Å²) in [6.45, 7) is 4.71. The Morgan fingerprint density at radius 2 is 1.24 bits per heavy atom. The van der Waals surface area contributed by atoms with Gasteiger partial charge >= 0.3 is 0 Å². The van der Waals surface area contributed by atoms with Crippen LogP contribution >= 0.6 is 0 Å². The molecule has 200 valence electrons. The van der Waals surface area contributed by atoms with Gasteiger partial charge in [-0.05, 0) is 83.2 Å². The lowest BCUT2D eigenvalue weighted by atomic mass is 9.82. The average Bonchev–Trinajstić information content (AvgIpc) is 3.27. The zero-order chi connectivity index (χ0) is 28.3. The number of rotatable bonds is 4. The van der Waals surface area contributed by atoms with E-state index >= 15 is 0 Å². The molecule has 8 rings (SSSR count). The lowest BCUT2D eigenvalue weighted by molar-refractivity contribution is 0.659. The third-order valence-corrected chi connectivity index (χ3v) is 9.30. The topological polar surface area (TPSA) is 0 Å². The van der Waals surface area contributed by atoms with Gasteiger partial charge in [0.1, 0.15) is 0 Å². The molecule has 1 aliphatic rings. The number of hydrogen-bond acceptors (Lipinski definition) is 0. The predicted octanol–water partition coefficient (Wildman–Crippen LogP) is 11.4. The monoisotopic (exact) mass is 536 g/mol. The van der Waals surface area contributed by atoms with Crippen LogP contribution in [-0.2, 0) is 11.8 Å². The molecule has 7 aromatic rings. The largest absolute Gasteiger partial charge is 0.0795 e. The smallest absolute Gasteiger partial charge is 0.0158 e. The lowest BCUT2D eigenvalue weighted by Crippen LogP contribution is -2.15. The van der Waals surface area contributed by atoms with Crippen LogP contribution < -0.4 is 0 Å². The maximum Gasteiger partial charge on any atom is 0.0158 e. The summed E-state index contributed by atoms with van der Waals surface area (Å²) in [7, 11) is 0. The molecule has 0 radical (unpaired) electrons. The second-order valence-electron chi connectivity index (χ2n) is 12.1. The first-order valence-electron chi connectivity index (χ1n) is 14.9. The van der Waals surface area contributed by atoms with Crippen LogP contribution in [0.25, 0.3) is 60.6 Å². The number of hydrogen-bond donors (Lipinski definition) is 0. The minimum Gasteiger partial charge on any atom is -0.0795 e. The van der Waals surface area contributed by atoms with Crippen molar-refractivity contribution < 1.29 is 0 Å². The van der Waals surface area contributed by atoms with Gasteiger partial charge in [-0.25, -0.2) is 0 Å². The van der Waals surface area contributed by atoms with Gasteiger partial charge in [0.25, 0.3) is 0 Å². The molecule has 42 heavy (non-hydrogen) atoms. The van der Waals surface area contributed by atoms with Crippen molar-refractivity contribution >= 4 is 38.4 Å². The van der Waals surface area contributed by atoms with Crippen LogP contribution in [0, 0.1) is 0 Å². The fraction of sp³-hybridized carbons (Fsp3) is 0.0952. The van der Waals surface area contributed by atoms with Gasteiger partial charge in [-0.15, -0.1) is 0 Å². The van der Waals surface area contributed by atoms with E-state index in [1.54, 1.807) is 0 Å². The fourth-order valence-electron chi connectivity index (χ4n) is 7.26. The van der Waals surface area contributed by atoms with Gasteiger partial charge in [-0.2, -0.15) is 0 Å². The molecule has 0 aliphatic heterocycles. The van der Waals surface area contributed by atoms with Crippen molar-refractivity contribution in [3.05, 3.63) is 162 Å². The fourth-order valence-corrected chi connectivity index (χ4v) is 7.26. The van der Waals surface area contributed by atoms with Crippen molar-refractivity contribution in [3.63, 3.8) is 0 Å². The molecular formula is C42H32. The van der Waals surface area contributed by atoms with Crippen LogP contribution in [-0.4, -0.2) is 0 Å². The number of benzene rings is 7. The Kier molecular flexibility index (Phi) is 5.66. The third kappa shape index (κ3) is 3.76. The number of fused-ring (bicyclic) bond motifs is 7. The summed E-state index contributed by atoms with van der Waals surface area (Å²) >= 11 is 0. The molecule has 0 N–H and O–H groups in total. The van der Waals surface area contributed by atoms with Gasteiger partial charge in [-0.3, -0.25) is 0 Å². The Labute approximate surface area is 247 Å².